The second-order valence-corrected chi connectivity index (χ2v) is 10.0. The number of nitrogens with one attached hydrogen (secondary N) is 1. The van der Waals surface area contributed by atoms with E-state index in [1.165, 1.54) is 6.07 Å². The van der Waals surface area contributed by atoms with E-state index in [0.29, 0.717) is 28.6 Å². The number of benzene rings is 3. The number of para-hydroxylation sites is 1. The van der Waals surface area contributed by atoms with Gasteiger partial charge >= 0.3 is 0 Å². The van der Waals surface area contributed by atoms with E-state index >= 15 is 0 Å². The summed E-state index contributed by atoms with van der Waals surface area (Å²) in [5, 5.41) is 16.5. The third kappa shape index (κ3) is 6.76. The molecule has 0 saturated heterocycles. The zero-order valence-electron chi connectivity index (χ0n) is 19.5. The van der Waals surface area contributed by atoms with Crippen molar-refractivity contribution in [2.24, 2.45) is 0 Å². The van der Waals surface area contributed by atoms with Crippen LogP contribution in [0.5, 0.6) is 11.5 Å². The standard InChI is InChI=1S/C25H24BrClFN5O2S/c1-34-23-14-17(13-20(26)24(23)35-16-19-21(27)9-5-10-22(19)28)15-29-11-6-12-36-25-30-31-32-33(25)18-7-3-2-4-8-18/h2-5,7-10,13-14,29H,6,11-12,15-16H2,1H3. The van der Waals surface area contributed by atoms with Gasteiger partial charge in [-0.3, -0.25) is 0 Å². The fourth-order valence-electron chi connectivity index (χ4n) is 3.42. The second-order valence-electron chi connectivity index (χ2n) is 7.69. The first-order valence-corrected chi connectivity index (χ1v) is 13.3. The van der Waals surface area contributed by atoms with E-state index in [1.54, 1.807) is 35.7 Å². The molecule has 4 aromatic rings. The molecule has 0 radical (unpaired) electrons. The molecule has 0 fully saturated rings. The highest BCUT2D eigenvalue weighted by Crippen LogP contribution is 2.37. The van der Waals surface area contributed by atoms with Gasteiger partial charge in [0.25, 0.3) is 0 Å². The summed E-state index contributed by atoms with van der Waals surface area (Å²) >= 11 is 11.3. The summed E-state index contributed by atoms with van der Waals surface area (Å²) in [6, 6.07) is 18.2. The maximum atomic E-state index is 14.1. The van der Waals surface area contributed by atoms with E-state index in [1.807, 2.05) is 42.5 Å². The minimum absolute atomic E-state index is 0.0106. The first-order valence-electron chi connectivity index (χ1n) is 11.2. The molecule has 36 heavy (non-hydrogen) atoms. The average Bonchev–Trinajstić information content (AvgIpc) is 3.35. The summed E-state index contributed by atoms with van der Waals surface area (Å²) < 4.78 is 27.9. The third-order valence-corrected chi connectivity index (χ3v) is 7.16. The summed E-state index contributed by atoms with van der Waals surface area (Å²) in [7, 11) is 1.57. The lowest BCUT2D eigenvalue weighted by Gasteiger charge is -2.15. The van der Waals surface area contributed by atoms with E-state index in [2.05, 4.69) is 36.8 Å². The van der Waals surface area contributed by atoms with Crippen molar-refractivity contribution in [1.29, 1.82) is 0 Å². The molecule has 0 aliphatic heterocycles. The Labute approximate surface area is 226 Å². The molecule has 1 aromatic heterocycles. The zero-order valence-corrected chi connectivity index (χ0v) is 22.6. The second kappa shape index (κ2) is 13.0. The van der Waals surface area contributed by atoms with Crippen molar-refractivity contribution >= 4 is 39.3 Å². The van der Waals surface area contributed by atoms with Crippen molar-refractivity contribution < 1.29 is 13.9 Å². The quantitative estimate of drug-likeness (QED) is 0.158. The van der Waals surface area contributed by atoms with Crippen LogP contribution >= 0.6 is 39.3 Å². The molecular formula is C25H24BrClFN5O2S. The molecule has 0 aliphatic carbocycles. The van der Waals surface area contributed by atoms with Crippen LogP contribution in [0.2, 0.25) is 5.02 Å². The normalized spacial score (nSPS) is 11.0. The van der Waals surface area contributed by atoms with Crippen LogP contribution in [0.1, 0.15) is 17.5 Å². The number of tetrazole rings is 1. The molecule has 1 heterocycles. The van der Waals surface area contributed by atoms with Gasteiger partial charge in [0.05, 0.1) is 22.3 Å². The highest BCUT2D eigenvalue weighted by atomic mass is 79.9. The zero-order chi connectivity index (χ0) is 25.3. The Bertz CT molecular complexity index is 1270. The van der Waals surface area contributed by atoms with E-state index in [0.717, 1.165) is 39.6 Å². The molecule has 1 N–H and O–H groups in total. The van der Waals surface area contributed by atoms with Crippen molar-refractivity contribution in [3.8, 4) is 17.2 Å². The molecule has 4 rings (SSSR count). The Kier molecular flexibility index (Phi) is 9.57. The average molecular weight is 593 g/mol. The van der Waals surface area contributed by atoms with Crippen molar-refractivity contribution in [3.63, 3.8) is 0 Å². The molecule has 11 heteroatoms. The van der Waals surface area contributed by atoms with Crippen molar-refractivity contribution in [2.45, 2.75) is 24.7 Å². The van der Waals surface area contributed by atoms with Gasteiger partial charge < -0.3 is 14.8 Å². The van der Waals surface area contributed by atoms with Gasteiger partial charge in [-0.1, -0.05) is 47.6 Å². The number of hydrogen-bond acceptors (Lipinski definition) is 7. The molecule has 0 unspecified atom stereocenters. The predicted octanol–water partition coefficient (Wildman–Crippen LogP) is 6.08. The fraction of sp³-hybridized carbons (Fsp3) is 0.240. The van der Waals surface area contributed by atoms with Crippen LogP contribution in [0.15, 0.2) is 70.3 Å². The molecule has 0 atom stereocenters. The lowest BCUT2D eigenvalue weighted by molar-refractivity contribution is 0.277. The van der Waals surface area contributed by atoms with E-state index in [-0.39, 0.29) is 6.61 Å². The van der Waals surface area contributed by atoms with Gasteiger partial charge in [-0.15, -0.1) is 5.10 Å². The summed E-state index contributed by atoms with van der Waals surface area (Å²) in [5.74, 6) is 1.51. The van der Waals surface area contributed by atoms with Crippen LogP contribution in [0.3, 0.4) is 0 Å². The van der Waals surface area contributed by atoms with Crippen LogP contribution in [-0.4, -0.2) is 39.6 Å². The maximum Gasteiger partial charge on any atom is 0.214 e. The van der Waals surface area contributed by atoms with E-state index in [4.69, 9.17) is 21.1 Å². The topological polar surface area (TPSA) is 74.1 Å². The van der Waals surface area contributed by atoms with Crippen LogP contribution in [-0.2, 0) is 13.2 Å². The first kappa shape index (κ1) is 26.4. The lowest BCUT2D eigenvalue weighted by Crippen LogP contribution is -2.15. The minimum atomic E-state index is -0.409. The van der Waals surface area contributed by atoms with Gasteiger partial charge in [0.15, 0.2) is 11.5 Å². The smallest absolute Gasteiger partial charge is 0.214 e. The highest BCUT2D eigenvalue weighted by molar-refractivity contribution is 9.10. The maximum absolute atomic E-state index is 14.1. The largest absolute Gasteiger partial charge is 0.493 e. The number of halogens is 3. The molecular weight excluding hydrogens is 569 g/mol. The van der Waals surface area contributed by atoms with Gasteiger partial charge in [0.2, 0.25) is 5.16 Å². The Morgan fingerprint density at radius 3 is 2.75 bits per heavy atom. The molecule has 188 valence electrons. The summed E-state index contributed by atoms with van der Waals surface area (Å²) in [5.41, 5.74) is 2.26. The summed E-state index contributed by atoms with van der Waals surface area (Å²) in [6.45, 7) is 1.47. The van der Waals surface area contributed by atoms with Gasteiger partial charge in [0.1, 0.15) is 12.4 Å². The van der Waals surface area contributed by atoms with E-state index in [9.17, 15) is 4.39 Å². The number of ether oxygens (including phenoxy) is 2. The number of rotatable bonds is 12. The molecule has 0 amide bonds. The van der Waals surface area contributed by atoms with Gasteiger partial charge in [-0.2, -0.15) is 4.68 Å². The summed E-state index contributed by atoms with van der Waals surface area (Å²) in [6.07, 6.45) is 0.940. The van der Waals surface area contributed by atoms with Crippen LogP contribution in [0.25, 0.3) is 5.69 Å². The highest BCUT2D eigenvalue weighted by Gasteiger charge is 2.15. The number of hydrogen-bond donors (Lipinski definition) is 1. The van der Waals surface area contributed by atoms with Gasteiger partial charge in [-0.05, 0) is 81.3 Å². The van der Waals surface area contributed by atoms with Gasteiger partial charge in [-0.25, -0.2) is 4.39 Å². The van der Waals surface area contributed by atoms with Gasteiger partial charge in [0, 0.05) is 17.9 Å². The molecule has 0 bridgehead atoms. The summed E-state index contributed by atoms with van der Waals surface area (Å²) in [4.78, 5) is 0. The number of nitrogens with zero attached hydrogens (tertiary/aromatic N) is 4. The van der Waals surface area contributed by atoms with E-state index < -0.39 is 5.82 Å². The Morgan fingerprint density at radius 2 is 1.97 bits per heavy atom. The molecule has 3 aromatic carbocycles. The third-order valence-electron chi connectivity index (χ3n) is 5.21. The molecule has 0 spiro atoms. The molecule has 0 saturated carbocycles. The molecule has 0 aliphatic rings. The molecule has 7 nitrogen and oxygen atoms in total. The number of thioether (sulfide) groups is 1. The van der Waals surface area contributed by atoms with Crippen LogP contribution < -0.4 is 14.8 Å². The predicted molar refractivity (Wildman–Crippen MR) is 143 cm³/mol. The lowest BCUT2D eigenvalue weighted by atomic mass is 10.2. The van der Waals surface area contributed by atoms with Crippen LogP contribution in [0, 0.1) is 5.82 Å². The Balaban J connectivity index is 1.26. The Hall–Kier alpha value is -2.66. The minimum Gasteiger partial charge on any atom is -0.493 e. The first-order chi connectivity index (χ1) is 17.6. The van der Waals surface area contributed by atoms with Crippen molar-refractivity contribution in [1.82, 2.24) is 25.5 Å². The number of aromatic nitrogens is 4. The van der Waals surface area contributed by atoms with Crippen molar-refractivity contribution in [3.05, 3.63) is 87.1 Å². The number of methoxy groups -OCH3 is 1. The van der Waals surface area contributed by atoms with Crippen LogP contribution in [0.4, 0.5) is 4.39 Å². The Morgan fingerprint density at radius 1 is 1.14 bits per heavy atom. The SMILES string of the molecule is COc1cc(CNCCCSc2nnnn2-c2ccccc2)cc(Br)c1OCc1c(F)cccc1Cl. The fourth-order valence-corrected chi connectivity index (χ4v) is 5.07. The monoisotopic (exact) mass is 591 g/mol. The van der Waals surface area contributed by atoms with Crippen molar-refractivity contribution in [2.75, 3.05) is 19.4 Å².